The highest BCUT2D eigenvalue weighted by Crippen LogP contribution is 2.11. The molecule has 0 saturated heterocycles. The summed E-state index contributed by atoms with van der Waals surface area (Å²) in [5, 5.41) is 3.40. The van der Waals surface area contributed by atoms with Gasteiger partial charge in [0.15, 0.2) is 0 Å². The van der Waals surface area contributed by atoms with E-state index in [2.05, 4.69) is 30.3 Å². The summed E-state index contributed by atoms with van der Waals surface area (Å²) in [6.45, 7) is 6.05. The number of nitrogens with one attached hydrogen (secondary N) is 1. The first-order valence-corrected chi connectivity index (χ1v) is 7.30. The van der Waals surface area contributed by atoms with E-state index in [9.17, 15) is 0 Å². The first kappa shape index (κ1) is 16.6. The molecule has 1 aromatic carbocycles. The Morgan fingerprint density at radius 1 is 1.15 bits per heavy atom. The Morgan fingerprint density at radius 2 is 1.90 bits per heavy atom. The van der Waals surface area contributed by atoms with Crippen LogP contribution in [-0.4, -0.2) is 26.4 Å². The summed E-state index contributed by atoms with van der Waals surface area (Å²) in [5.41, 5.74) is 1.24. The van der Waals surface area contributed by atoms with Crippen LogP contribution >= 0.6 is 0 Å². The minimum Gasteiger partial charge on any atom is -0.481 e. The molecule has 110 valence electrons. The van der Waals surface area contributed by atoms with Crippen molar-refractivity contribution in [3.05, 3.63) is 29.8 Å². The molecule has 1 N–H and O–H groups in total. The van der Waals surface area contributed by atoms with Gasteiger partial charge in [-0.15, -0.1) is 6.42 Å². The summed E-state index contributed by atoms with van der Waals surface area (Å²) in [4.78, 5) is 0. The van der Waals surface area contributed by atoms with Gasteiger partial charge in [0, 0.05) is 19.8 Å². The maximum atomic E-state index is 5.51. The van der Waals surface area contributed by atoms with Crippen LogP contribution < -0.4 is 10.1 Å². The van der Waals surface area contributed by atoms with Crippen molar-refractivity contribution in [2.75, 3.05) is 26.4 Å². The summed E-state index contributed by atoms with van der Waals surface area (Å²) in [5.74, 6) is 3.27. The number of hydrogen-bond acceptors (Lipinski definition) is 3. The van der Waals surface area contributed by atoms with E-state index < -0.39 is 0 Å². The molecule has 0 bridgehead atoms. The van der Waals surface area contributed by atoms with Gasteiger partial charge in [0.25, 0.3) is 0 Å². The highest BCUT2D eigenvalue weighted by molar-refractivity contribution is 5.27. The standard InChI is InChI=1S/C17H25NO2/c1-3-5-13-19-14-6-11-18-15-16-7-9-17(10-8-16)20-12-4-2/h2,7-10,18H,3,5-6,11-15H2,1H3. The molecule has 0 radical (unpaired) electrons. The predicted octanol–water partition coefficient (Wildman–Crippen LogP) is 3.00. The molecule has 0 fully saturated rings. The number of rotatable bonds is 11. The van der Waals surface area contributed by atoms with Crippen LogP contribution in [0.3, 0.4) is 0 Å². The van der Waals surface area contributed by atoms with Crippen LogP contribution in [0.1, 0.15) is 31.7 Å². The van der Waals surface area contributed by atoms with Crippen LogP contribution in [0.5, 0.6) is 5.75 Å². The second-order valence-electron chi connectivity index (χ2n) is 4.63. The second kappa shape index (κ2) is 11.3. The van der Waals surface area contributed by atoms with Gasteiger partial charge in [-0.25, -0.2) is 0 Å². The number of unbranched alkanes of at least 4 members (excludes halogenated alkanes) is 1. The SMILES string of the molecule is C#CCOc1ccc(CNCCCOCCCC)cc1. The van der Waals surface area contributed by atoms with Gasteiger partial charge in [-0.2, -0.15) is 0 Å². The van der Waals surface area contributed by atoms with Crippen molar-refractivity contribution in [1.82, 2.24) is 5.32 Å². The van der Waals surface area contributed by atoms with Crippen LogP contribution in [0.25, 0.3) is 0 Å². The highest BCUT2D eigenvalue weighted by atomic mass is 16.5. The third kappa shape index (κ3) is 7.83. The summed E-state index contributed by atoms with van der Waals surface area (Å²) in [6.07, 6.45) is 8.54. The number of ether oxygens (including phenoxy) is 2. The lowest BCUT2D eigenvalue weighted by Crippen LogP contribution is -2.16. The van der Waals surface area contributed by atoms with Crippen molar-refractivity contribution in [3.63, 3.8) is 0 Å². The molecule has 0 aliphatic rings. The molecule has 0 aliphatic heterocycles. The summed E-state index contributed by atoms with van der Waals surface area (Å²) in [7, 11) is 0. The lowest BCUT2D eigenvalue weighted by molar-refractivity contribution is 0.129. The lowest BCUT2D eigenvalue weighted by atomic mass is 10.2. The van der Waals surface area contributed by atoms with Gasteiger partial charge in [-0.05, 0) is 37.1 Å². The zero-order chi connectivity index (χ0) is 14.5. The minimum absolute atomic E-state index is 0.315. The van der Waals surface area contributed by atoms with Crippen molar-refractivity contribution in [2.24, 2.45) is 0 Å². The molecule has 3 nitrogen and oxygen atoms in total. The molecule has 0 amide bonds. The summed E-state index contributed by atoms with van der Waals surface area (Å²) < 4.78 is 10.8. The monoisotopic (exact) mass is 275 g/mol. The summed E-state index contributed by atoms with van der Waals surface area (Å²) >= 11 is 0. The number of benzene rings is 1. The molecule has 0 unspecified atom stereocenters. The zero-order valence-corrected chi connectivity index (χ0v) is 12.4. The first-order chi connectivity index (χ1) is 9.86. The van der Waals surface area contributed by atoms with Crippen molar-refractivity contribution >= 4 is 0 Å². The van der Waals surface area contributed by atoms with Crippen molar-refractivity contribution < 1.29 is 9.47 Å². The fourth-order valence-electron chi connectivity index (χ4n) is 1.71. The van der Waals surface area contributed by atoms with Crippen molar-refractivity contribution in [2.45, 2.75) is 32.7 Å². The maximum Gasteiger partial charge on any atom is 0.148 e. The smallest absolute Gasteiger partial charge is 0.148 e. The summed E-state index contributed by atoms with van der Waals surface area (Å²) in [6, 6.07) is 8.00. The molecule has 3 heteroatoms. The third-order valence-corrected chi connectivity index (χ3v) is 2.86. The molecular formula is C17H25NO2. The van der Waals surface area contributed by atoms with Crippen LogP contribution in [0.2, 0.25) is 0 Å². The molecule has 1 aromatic rings. The number of hydrogen-bond donors (Lipinski definition) is 1. The van der Waals surface area contributed by atoms with E-state index in [1.54, 1.807) is 0 Å². The fourth-order valence-corrected chi connectivity index (χ4v) is 1.71. The van der Waals surface area contributed by atoms with Crippen molar-refractivity contribution in [1.29, 1.82) is 0 Å². The van der Waals surface area contributed by atoms with E-state index in [1.165, 1.54) is 12.0 Å². The van der Waals surface area contributed by atoms with Crippen LogP contribution in [0, 0.1) is 12.3 Å². The number of terminal acetylenes is 1. The topological polar surface area (TPSA) is 30.5 Å². The zero-order valence-electron chi connectivity index (χ0n) is 12.4. The molecule has 1 rings (SSSR count). The average Bonchev–Trinajstić information content (AvgIpc) is 2.49. The van der Waals surface area contributed by atoms with Gasteiger partial charge in [0.2, 0.25) is 0 Å². The van der Waals surface area contributed by atoms with Gasteiger partial charge >= 0.3 is 0 Å². The molecule has 0 atom stereocenters. The fraction of sp³-hybridized carbons (Fsp3) is 0.529. The Labute approximate surface area is 122 Å². The highest BCUT2D eigenvalue weighted by Gasteiger charge is 1.95. The van der Waals surface area contributed by atoms with Gasteiger partial charge in [0.05, 0.1) is 0 Å². The van der Waals surface area contributed by atoms with Gasteiger partial charge in [-0.3, -0.25) is 0 Å². The third-order valence-electron chi connectivity index (χ3n) is 2.86. The second-order valence-corrected chi connectivity index (χ2v) is 4.63. The van der Waals surface area contributed by atoms with Gasteiger partial charge < -0.3 is 14.8 Å². The maximum absolute atomic E-state index is 5.51. The van der Waals surface area contributed by atoms with E-state index >= 15 is 0 Å². The first-order valence-electron chi connectivity index (χ1n) is 7.30. The molecule has 0 aliphatic carbocycles. The molecule has 0 saturated carbocycles. The lowest BCUT2D eigenvalue weighted by Gasteiger charge is -2.07. The molecule has 0 heterocycles. The van der Waals surface area contributed by atoms with E-state index in [4.69, 9.17) is 15.9 Å². The van der Waals surface area contributed by atoms with Gasteiger partial charge in [0.1, 0.15) is 12.4 Å². The van der Waals surface area contributed by atoms with E-state index in [0.29, 0.717) is 6.61 Å². The van der Waals surface area contributed by atoms with E-state index in [0.717, 1.165) is 44.9 Å². The predicted molar refractivity (Wildman–Crippen MR) is 82.8 cm³/mol. The Kier molecular flexibility index (Phi) is 9.38. The average molecular weight is 275 g/mol. The van der Waals surface area contributed by atoms with E-state index in [-0.39, 0.29) is 0 Å². The van der Waals surface area contributed by atoms with Crippen LogP contribution in [0.15, 0.2) is 24.3 Å². The van der Waals surface area contributed by atoms with Crippen molar-refractivity contribution in [3.8, 4) is 18.1 Å². The van der Waals surface area contributed by atoms with Crippen LogP contribution in [0.4, 0.5) is 0 Å². The van der Waals surface area contributed by atoms with Crippen LogP contribution in [-0.2, 0) is 11.3 Å². The molecule has 20 heavy (non-hydrogen) atoms. The largest absolute Gasteiger partial charge is 0.481 e. The minimum atomic E-state index is 0.315. The molecular weight excluding hydrogens is 250 g/mol. The quantitative estimate of drug-likeness (QED) is 0.497. The van der Waals surface area contributed by atoms with E-state index in [1.807, 2.05) is 12.1 Å². The molecule has 0 aromatic heterocycles. The van der Waals surface area contributed by atoms with Gasteiger partial charge in [-0.1, -0.05) is 31.4 Å². The normalized spacial score (nSPS) is 10.2. The molecule has 0 spiro atoms. The Hall–Kier alpha value is -1.50. The Balaban J connectivity index is 2.06. The Morgan fingerprint density at radius 3 is 2.60 bits per heavy atom. The Bertz CT molecular complexity index is 381.